The van der Waals surface area contributed by atoms with Crippen molar-refractivity contribution in [1.82, 2.24) is 10.3 Å². The molecular formula is C14H18N2S2. The molecule has 2 unspecified atom stereocenters. The quantitative estimate of drug-likeness (QED) is 0.928. The fourth-order valence-electron chi connectivity index (χ4n) is 2.53. The summed E-state index contributed by atoms with van der Waals surface area (Å²) in [5, 5.41) is 5.52. The van der Waals surface area contributed by atoms with E-state index in [9.17, 15) is 0 Å². The maximum atomic E-state index is 4.74. The van der Waals surface area contributed by atoms with Gasteiger partial charge in [-0.1, -0.05) is 12.1 Å². The molecular weight excluding hydrogens is 260 g/mol. The third-order valence-electron chi connectivity index (χ3n) is 3.52. The van der Waals surface area contributed by atoms with Crippen molar-refractivity contribution in [3.05, 3.63) is 29.3 Å². The lowest BCUT2D eigenvalue weighted by Gasteiger charge is -2.21. The molecule has 3 rings (SSSR count). The van der Waals surface area contributed by atoms with Gasteiger partial charge in [0.2, 0.25) is 0 Å². The van der Waals surface area contributed by atoms with Crippen LogP contribution in [0.3, 0.4) is 0 Å². The van der Waals surface area contributed by atoms with E-state index >= 15 is 0 Å². The molecule has 96 valence electrons. The van der Waals surface area contributed by atoms with Crippen molar-refractivity contribution in [3.8, 4) is 0 Å². The van der Waals surface area contributed by atoms with Crippen LogP contribution in [-0.2, 0) is 6.42 Å². The number of thioether (sulfide) groups is 1. The zero-order valence-electron chi connectivity index (χ0n) is 10.6. The molecule has 1 saturated heterocycles. The molecule has 1 aliphatic heterocycles. The molecule has 2 atom stereocenters. The van der Waals surface area contributed by atoms with E-state index in [1.165, 1.54) is 28.3 Å². The molecule has 0 radical (unpaired) electrons. The lowest BCUT2D eigenvalue weighted by atomic mass is 10.1. The van der Waals surface area contributed by atoms with E-state index in [1.54, 1.807) is 0 Å². The van der Waals surface area contributed by atoms with Gasteiger partial charge < -0.3 is 5.32 Å². The fourth-order valence-corrected chi connectivity index (χ4v) is 4.99. The molecule has 0 saturated carbocycles. The molecule has 1 aromatic heterocycles. The fraction of sp³-hybridized carbons (Fsp3) is 0.500. The Morgan fingerprint density at radius 2 is 2.33 bits per heavy atom. The van der Waals surface area contributed by atoms with Crippen LogP contribution in [0.1, 0.15) is 17.8 Å². The molecule has 2 heterocycles. The normalized spacial score (nSPS) is 21.5. The third kappa shape index (κ3) is 2.56. The average Bonchev–Trinajstić information content (AvgIpc) is 3.04. The first-order chi connectivity index (χ1) is 8.86. The molecule has 0 aliphatic carbocycles. The Morgan fingerprint density at radius 1 is 1.44 bits per heavy atom. The summed E-state index contributed by atoms with van der Waals surface area (Å²) in [5.74, 6) is 1.32. The lowest BCUT2D eigenvalue weighted by Crippen LogP contribution is -2.36. The van der Waals surface area contributed by atoms with Gasteiger partial charge in [-0.25, -0.2) is 4.98 Å². The smallest absolute Gasteiger partial charge is 0.0954 e. The number of fused-ring (bicyclic) bond motifs is 1. The molecule has 0 spiro atoms. The van der Waals surface area contributed by atoms with Crippen molar-refractivity contribution < 1.29 is 0 Å². The Morgan fingerprint density at radius 3 is 3.06 bits per heavy atom. The number of hydrogen-bond donors (Lipinski definition) is 1. The number of nitrogens with one attached hydrogen (secondary N) is 1. The van der Waals surface area contributed by atoms with Gasteiger partial charge >= 0.3 is 0 Å². The van der Waals surface area contributed by atoms with Gasteiger partial charge in [0.25, 0.3) is 0 Å². The summed E-state index contributed by atoms with van der Waals surface area (Å²) >= 11 is 3.95. The van der Waals surface area contributed by atoms with Crippen molar-refractivity contribution >= 4 is 33.3 Å². The highest BCUT2D eigenvalue weighted by Gasteiger charge is 2.25. The Bertz CT molecular complexity index is 484. The maximum absolute atomic E-state index is 4.74. The number of hydrogen-bond acceptors (Lipinski definition) is 4. The predicted octanol–water partition coefficient (Wildman–Crippen LogP) is 3.32. The van der Waals surface area contributed by atoms with Gasteiger partial charge in [-0.3, -0.25) is 0 Å². The second kappa shape index (κ2) is 5.59. The SMILES string of the molecule is CNC(Cc1nc2ccccc2s1)C1CCCS1. The molecule has 1 N–H and O–H groups in total. The number of benzene rings is 1. The molecule has 0 amide bonds. The number of likely N-dealkylation sites (N-methyl/N-ethyl adjacent to an activating group) is 1. The van der Waals surface area contributed by atoms with Gasteiger partial charge in [-0.15, -0.1) is 11.3 Å². The highest BCUT2D eigenvalue weighted by Crippen LogP contribution is 2.31. The summed E-state index contributed by atoms with van der Waals surface area (Å²) in [7, 11) is 2.08. The van der Waals surface area contributed by atoms with Crippen molar-refractivity contribution in [2.75, 3.05) is 12.8 Å². The van der Waals surface area contributed by atoms with Crippen molar-refractivity contribution in [1.29, 1.82) is 0 Å². The molecule has 18 heavy (non-hydrogen) atoms. The Kier molecular flexibility index (Phi) is 3.87. The van der Waals surface area contributed by atoms with E-state index in [1.807, 2.05) is 11.3 Å². The van der Waals surface area contributed by atoms with E-state index in [-0.39, 0.29) is 0 Å². The minimum atomic E-state index is 0.568. The van der Waals surface area contributed by atoms with E-state index in [4.69, 9.17) is 4.98 Å². The third-order valence-corrected chi connectivity index (χ3v) is 6.09. The van der Waals surface area contributed by atoms with Crippen LogP contribution in [0.5, 0.6) is 0 Å². The minimum Gasteiger partial charge on any atom is -0.315 e. The number of nitrogens with zero attached hydrogens (tertiary/aromatic N) is 1. The number of thiazole rings is 1. The number of aromatic nitrogens is 1. The predicted molar refractivity (Wildman–Crippen MR) is 81.7 cm³/mol. The van der Waals surface area contributed by atoms with E-state index in [0.717, 1.165) is 17.2 Å². The molecule has 2 aromatic rings. The Hall–Kier alpha value is -0.580. The van der Waals surface area contributed by atoms with Gasteiger partial charge in [0, 0.05) is 17.7 Å². The Balaban J connectivity index is 1.77. The molecule has 1 fully saturated rings. The van der Waals surface area contributed by atoms with E-state index in [0.29, 0.717) is 6.04 Å². The zero-order chi connectivity index (χ0) is 12.4. The number of rotatable bonds is 4. The van der Waals surface area contributed by atoms with Crippen LogP contribution in [0.25, 0.3) is 10.2 Å². The minimum absolute atomic E-state index is 0.568. The standard InChI is InChI=1S/C14H18N2S2/c1-15-11(12-7-4-8-17-12)9-14-16-10-5-2-3-6-13(10)18-14/h2-3,5-6,11-12,15H,4,7-9H2,1H3. The summed E-state index contributed by atoms with van der Waals surface area (Å²) in [5.41, 5.74) is 1.14. The first-order valence-corrected chi connectivity index (χ1v) is 8.36. The zero-order valence-corrected chi connectivity index (χ0v) is 12.2. The molecule has 1 aromatic carbocycles. The second-order valence-electron chi connectivity index (χ2n) is 4.73. The second-order valence-corrected chi connectivity index (χ2v) is 7.19. The number of para-hydroxylation sites is 1. The largest absolute Gasteiger partial charge is 0.315 e. The lowest BCUT2D eigenvalue weighted by molar-refractivity contribution is 0.523. The van der Waals surface area contributed by atoms with Gasteiger partial charge in [0.15, 0.2) is 0 Å². The van der Waals surface area contributed by atoms with Gasteiger partial charge in [-0.05, 0) is 37.8 Å². The van der Waals surface area contributed by atoms with Crippen molar-refractivity contribution in [2.24, 2.45) is 0 Å². The van der Waals surface area contributed by atoms with Gasteiger partial charge in [-0.2, -0.15) is 11.8 Å². The maximum Gasteiger partial charge on any atom is 0.0954 e. The van der Waals surface area contributed by atoms with Crippen LogP contribution in [0.2, 0.25) is 0 Å². The van der Waals surface area contributed by atoms with Crippen LogP contribution in [0.4, 0.5) is 0 Å². The summed E-state index contributed by atoms with van der Waals surface area (Å²) in [6.07, 6.45) is 3.78. The molecule has 2 nitrogen and oxygen atoms in total. The van der Waals surface area contributed by atoms with Crippen LogP contribution in [0.15, 0.2) is 24.3 Å². The van der Waals surface area contributed by atoms with E-state index in [2.05, 4.69) is 48.4 Å². The summed E-state index contributed by atoms with van der Waals surface area (Å²) in [6, 6.07) is 8.99. The topological polar surface area (TPSA) is 24.9 Å². The highest BCUT2D eigenvalue weighted by molar-refractivity contribution is 8.00. The molecule has 4 heteroatoms. The highest BCUT2D eigenvalue weighted by atomic mass is 32.2. The first-order valence-electron chi connectivity index (χ1n) is 6.50. The molecule has 0 bridgehead atoms. The summed E-state index contributed by atoms with van der Waals surface area (Å²) in [6.45, 7) is 0. The van der Waals surface area contributed by atoms with Crippen LogP contribution >= 0.6 is 23.1 Å². The Labute approximate surface area is 116 Å². The molecule has 1 aliphatic rings. The monoisotopic (exact) mass is 278 g/mol. The van der Waals surface area contributed by atoms with Gasteiger partial charge in [0.1, 0.15) is 0 Å². The van der Waals surface area contributed by atoms with Crippen molar-refractivity contribution in [2.45, 2.75) is 30.6 Å². The van der Waals surface area contributed by atoms with E-state index < -0.39 is 0 Å². The average molecular weight is 278 g/mol. The van der Waals surface area contributed by atoms with Gasteiger partial charge in [0.05, 0.1) is 15.2 Å². The summed E-state index contributed by atoms with van der Waals surface area (Å²) < 4.78 is 1.31. The van der Waals surface area contributed by atoms with Crippen LogP contribution in [0, 0.1) is 0 Å². The van der Waals surface area contributed by atoms with Crippen LogP contribution < -0.4 is 5.32 Å². The summed E-state index contributed by atoms with van der Waals surface area (Å²) in [4.78, 5) is 4.74. The van der Waals surface area contributed by atoms with Crippen molar-refractivity contribution in [3.63, 3.8) is 0 Å². The van der Waals surface area contributed by atoms with Crippen LogP contribution in [-0.4, -0.2) is 29.1 Å². The first kappa shape index (κ1) is 12.5.